The first-order valence-electron chi connectivity index (χ1n) is 12.2. The van der Waals surface area contributed by atoms with Crippen LogP contribution in [0.1, 0.15) is 56.3 Å². The molecule has 0 aliphatic rings. The van der Waals surface area contributed by atoms with Crippen molar-refractivity contribution >= 4 is 40.0 Å². The van der Waals surface area contributed by atoms with Crippen LogP contribution >= 0.6 is 11.6 Å². The van der Waals surface area contributed by atoms with Gasteiger partial charge in [0.1, 0.15) is 5.75 Å². The van der Waals surface area contributed by atoms with Crippen LogP contribution in [0.5, 0.6) is 11.6 Å². The van der Waals surface area contributed by atoms with Gasteiger partial charge in [-0.1, -0.05) is 44.0 Å². The quantitative estimate of drug-likeness (QED) is 0.209. The first-order chi connectivity index (χ1) is 17.3. The molecule has 0 spiro atoms. The second kappa shape index (κ2) is 13.1. The van der Waals surface area contributed by atoms with Gasteiger partial charge >= 0.3 is 0 Å². The van der Waals surface area contributed by atoms with Gasteiger partial charge in [0.15, 0.2) is 5.69 Å². The van der Waals surface area contributed by atoms with Crippen LogP contribution in [0, 0.1) is 5.92 Å². The molecule has 3 rings (SSSR count). The lowest BCUT2D eigenvalue weighted by molar-refractivity contribution is -0.118. The van der Waals surface area contributed by atoms with Crippen LogP contribution in [0.4, 0.5) is 5.69 Å². The summed E-state index contributed by atoms with van der Waals surface area (Å²) < 4.78 is 7.11. The molecule has 1 aromatic heterocycles. The molecule has 0 aliphatic carbocycles. The summed E-state index contributed by atoms with van der Waals surface area (Å²) in [5.41, 5.74) is 1.53. The van der Waals surface area contributed by atoms with Crippen molar-refractivity contribution in [2.75, 3.05) is 13.7 Å². The van der Waals surface area contributed by atoms with Gasteiger partial charge in [-0.05, 0) is 55.5 Å². The molecule has 8 nitrogen and oxygen atoms in total. The molecule has 1 heterocycles. The molecule has 0 atom stereocenters. The number of unbranched alkanes of at least 4 members (excludes halogenated alkanes) is 2. The Balaban J connectivity index is 1.54. The summed E-state index contributed by atoms with van der Waals surface area (Å²) in [4.78, 5) is 24.5. The van der Waals surface area contributed by atoms with E-state index in [9.17, 15) is 14.7 Å². The Labute approximate surface area is 216 Å². The summed E-state index contributed by atoms with van der Waals surface area (Å²) in [6, 6.07) is 12.4. The fourth-order valence-electron chi connectivity index (χ4n) is 3.82. The van der Waals surface area contributed by atoms with E-state index >= 15 is 0 Å². The molecule has 0 unspecified atom stereocenters. The molecule has 2 N–H and O–H groups in total. The summed E-state index contributed by atoms with van der Waals surface area (Å²) in [5, 5.41) is 22.7. The third kappa shape index (κ3) is 7.07. The molecule has 0 aliphatic heterocycles. The van der Waals surface area contributed by atoms with Gasteiger partial charge in [-0.2, -0.15) is 0 Å². The third-order valence-corrected chi connectivity index (χ3v) is 6.21. The summed E-state index contributed by atoms with van der Waals surface area (Å²) in [6.45, 7) is 5.37. The first kappa shape index (κ1) is 27.2. The third-order valence-electron chi connectivity index (χ3n) is 5.88. The topological polar surface area (TPSA) is 105 Å². The van der Waals surface area contributed by atoms with E-state index in [1.165, 1.54) is 0 Å². The Kier molecular flexibility index (Phi) is 9.87. The Morgan fingerprint density at radius 1 is 1.14 bits per heavy atom. The fourth-order valence-corrected chi connectivity index (χ4v) is 4.04. The van der Waals surface area contributed by atoms with E-state index in [1.54, 1.807) is 42.0 Å². The van der Waals surface area contributed by atoms with Gasteiger partial charge in [-0.15, -0.1) is 10.2 Å². The number of halogens is 1. The van der Waals surface area contributed by atoms with Crippen molar-refractivity contribution in [3.63, 3.8) is 0 Å². The van der Waals surface area contributed by atoms with E-state index in [4.69, 9.17) is 16.3 Å². The number of aromatic hydroxyl groups is 1. The van der Waals surface area contributed by atoms with E-state index in [-0.39, 0.29) is 29.8 Å². The largest absolute Gasteiger partial charge is 0.497 e. The van der Waals surface area contributed by atoms with Crippen molar-refractivity contribution in [2.45, 2.75) is 52.5 Å². The van der Waals surface area contributed by atoms with Crippen LogP contribution in [0.2, 0.25) is 5.02 Å². The van der Waals surface area contributed by atoms with Gasteiger partial charge in [0.2, 0.25) is 5.88 Å². The first-order valence-corrected chi connectivity index (χ1v) is 12.6. The number of carbonyl (C=O) groups excluding carboxylic acids is 2. The van der Waals surface area contributed by atoms with Gasteiger partial charge < -0.3 is 19.7 Å². The lowest BCUT2D eigenvalue weighted by Crippen LogP contribution is -2.24. The molecule has 3 aromatic rings. The highest BCUT2D eigenvalue weighted by Crippen LogP contribution is 2.40. The minimum absolute atomic E-state index is 0.00952. The number of nitrogens with one attached hydrogen (secondary N) is 1. The zero-order valence-corrected chi connectivity index (χ0v) is 21.7. The number of nitrogens with zero attached hydrogens (tertiary/aromatic N) is 3. The maximum atomic E-state index is 12.3. The van der Waals surface area contributed by atoms with E-state index in [1.807, 2.05) is 12.1 Å². The van der Waals surface area contributed by atoms with E-state index in [2.05, 4.69) is 29.4 Å². The minimum Gasteiger partial charge on any atom is -0.497 e. The van der Waals surface area contributed by atoms with Crippen molar-refractivity contribution in [2.24, 2.45) is 16.1 Å². The Morgan fingerprint density at radius 3 is 2.64 bits per heavy atom. The maximum absolute atomic E-state index is 12.3. The van der Waals surface area contributed by atoms with Crippen molar-refractivity contribution in [3.05, 3.63) is 53.1 Å². The van der Waals surface area contributed by atoms with Crippen molar-refractivity contribution < 1.29 is 19.4 Å². The van der Waals surface area contributed by atoms with E-state index in [0.29, 0.717) is 47.2 Å². The summed E-state index contributed by atoms with van der Waals surface area (Å²) in [5.74, 6) is 0.517. The van der Waals surface area contributed by atoms with Crippen molar-refractivity contribution in [1.29, 1.82) is 0 Å². The number of carbonyl (C=O) groups is 2. The molecule has 192 valence electrons. The molecule has 2 aromatic carbocycles. The Bertz CT molecular complexity index is 1240. The number of ether oxygens (including phenoxy) is 1. The number of aryl methyl sites for hydroxylation is 1. The molecule has 2 amide bonds. The fraction of sp³-hybridized carbons (Fsp3) is 0.407. The number of azo groups is 1. The Hall–Kier alpha value is -3.39. The lowest BCUT2D eigenvalue weighted by atomic mass is 10.1. The van der Waals surface area contributed by atoms with Gasteiger partial charge in [0.25, 0.3) is 11.8 Å². The van der Waals surface area contributed by atoms with E-state index < -0.39 is 0 Å². The van der Waals surface area contributed by atoms with Crippen molar-refractivity contribution in [1.82, 2.24) is 9.88 Å². The summed E-state index contributed by atoms with van der Waals surface area (Å²) >= 11 is 6.04. The van der Waals surface area contributed by atoms with Crippen LogP contribution in [0.25, 0.3) is 10.9 Å². The van der Waals surface area contributed by atoms with Crippen LogP contribution in [-0.2, 0) is 11.3 Å². The summed E-state index contributed by atoms with van der Waals surface area (Å²) in [7, 11) is 1.57. The molecule has 0 radical (unpaired) electrons. The lowest BCUT2D eigenvalue weighted by Gasteiger charge is -2.09. The second-order valence-electron chi connectivity index (χ2n) is 9.03. The molecular weight excluding hydrogens is 480 g/mol. The highest BCUT2D eigenvalue weighted by molar-refractivity contribution is 6.33. The van der Waals surface area contributed by atoms with Crippen LogP contribution in [0.3, 0.4) is 0 Å². The molecule has 36 heavy (non-hydrogen) atoms. The molecule has 9 heteroatoms. The van der Waals surface area contributed by atoms with Gasteiger partial charge in [-0.25, -0.2) is 0 Å². The Morgan fingerprint density at radius 2 is 1.92 bits per heavy atom. The highest BCUT2D eigenvalue weighted by Gasteiger charge is 2.18. The zero-order valence-electron chi connectivity index (χ0n) is 21.0. The van der Waals surface area contributed by atoms with Gasteiger partial charge in [-0.3, -0.25) is 9.59 Å². The number of amides is 2. The van der Waals surface area contributed by atoms with Gasteiger partial charge in [0, 0.05) is 24.9 Å². The monoisotopic (exact) mass is 512 g/mol. The SMILES string of the molecule is COc1ccc2c(c1)c(N=NC(=O)CCCCCNC(=O)c1ccccc1Cl)c(O)n2CCC(C)C. The average molecular weight is 513 g/mol. The van der Waals surface area contributed by atoms with Gasteiger partial charge in [0.05, 0.1) is 23.2 Å². The molecular formula is C27H33ClN4O4. The van der Waals surface area contributed by atoms with Crippen LogP contribution < -0.4 is 10.1 Å². The summed E-state index contributed by atoms with van der Waals surface area (Å²) in [6.07, 6.45) is 3.22. The average Bonchev–Trinajstić information content (AvgIpc) is 3.13. The predicted molar refractivity (Wildman–Crippen MR) is 141 cm³/mol. The van der Waals surface area contributed by atoms with Crippen LogP contribution in [-0.4, -0.2) is 35.1 Å². The van der Waals surface area contributed by atoms with Crippen molar-refractivity contribution in [3.8, 4) is 11.6 Å². The zero-order chi connectivity index (χ0) is 26.1. The number of aromatic nitrogens is 1. The highest BCUT2D eigenvalue weighted by atomic mass is 35.5. The standard InChI is InChI=1S/C27H33ClN4O4/c1-18(2)14-16-32-23-13-12-19(36-3)17-21(23)25(27(32)35)31-30-24(33)11-5-4-8-15-29-26(34)20-9-6-7-10-22(20)28/h6-7,9-10,12-13,17-18,35H,4-5,8,11,14-16H2,1-3H3,(H,29,34). The molecule has 0 bridgehead atoms. The normalized spacial score (nSPS) is 11.5. The maximum Gasteiger partial charge on any atom is 0.264 e. The number of fused-ring (bicyclic) bond motifs is 1. The molecule has 0 saturated heterocycles. The number of rotatable bonds is 12. The second-order valence-corrected chi connectivity index (χ2v) is 9.44. The van der Waals surface area contributed by atoms with E-state index in [0.717, 1.165) is 24.8 Å². The number of benzene rings is 2. The smallest absolute Gasteiger partial charge is 0.264 e. The number of methoxy groups -OCH3 is 1. The predicted octanol–water partition coefficient (Wildman–Crippen LogP) is 6.66. The number of hydrogen-bond acceptors (Lipinski definition) is 5. The molecule has 0 fully saturated rings. The minimum atomic E-state index is -0.361. The van der Waals surface area contributed by atoms with Crippen LogP contribution in [0.15, 0.2) is 52.7 Å². The molecule has 0 saturated carbocycles. The number of hydrogen-bond donors (Lipinski definition) is 2.